The van der Waals surface area contributed by atoms with E-state index in [2.05, 4.69) is 10.2 Å². The lowest BCUT2D eigenvalue weighted by atomic mass is 9.97. The van der Waals surface area contributed by atoms with Gasteiger partial charge in [0.2, 0.25) is 0 Å². The summed E-state index contributed by atoms with van der Waals surface area (Å²) in [5.74, 6) is 2.24. The number of amides is 1. The van der Waals surface area contributed by atoms with Crippen LogP contribution in [-0.4, -0.2) is 37.0 Å². The number of hydrogen-bond donors (Lipinski definition) is 1. The zero-order valence-electron chi connectivity index (χ0n) is 14.7. The molecule has 0 radical (unpaired) electrons. The fourth-order valence-corrected chi connectivity index (χ4v) is 3.95. The molecule has 0 bridgehead atoms. The molecular formula is C20H23ClN2O3. The Morgan fingerprint density at radius 1 is 1.31 bits per heavy atom. The molecule has 1 atom stereocenters. The van der Waals surface area contributed by atoms with Gasteiger partial charge in [-0.1, -0.05) is 0 Å². The summed E-state index contributed by atoms with van der Waals surface area (Å²) in [5, 5.41) is 3.53. The van der Waals surface area contributed by atoms with Crippen LogP contribution in [0.3, 0.4) is 0 Å². The largest absolute Gasteiger partial charge is 0.493 e. The zero-order valence-corrected chi connectivity index (χ0v) is 15.4. The normalized spacial score (nSPS) is 19.8. The molecular weight excluding hydrogens is 352 g/mol. The molecule has 1 N–H and O–H groups in total. The number of furan rings is 1. The first kappa shape index (κ1) is 17.4. The van der Waals surface area contributed by atoms with Gasteiger partial charge in [0.25, 0.3) is 5.91 Å². The van der Waals surface area contributed by atoms with Crippen molar-refractivity contribution in [2.45, 2.75) is 25.8 Å². The molecule has 2 aliphatic rings. The van der Waals surface area contributed by atoms with Crippen molar-refractivity contribution in [2.24, 2.45) is 5.92 Å². The number of rotatable bonds is 5. The van der Waals surface area contributed by atoms with E-state index in [1.807, 2.05) is 24.3 Å². The molecule has 0 saturated carbocycles. The van der Waals surface area contributed by atoms with Gasteiger partial charge in [-0.15, -0.1) is 0 Å². The smallest absolute Gasteiger partial charge is 0.251 e. The first-order valence-corrected chi connectivity index (χ1v) is 9.55. The van der Waals surface area contributed by atoms with Gasteiger partial charge in [0, 0.05) is 25.1 Å². The fraction of sp³-hybridized carbons (Fsp3) is 0.450. The monoisotopic (exact) mass is 374 g/mol. The third-order valence-corrected chi connectivity index (χ3v) is 5.32. The highest BCUT2D eigenvalue weighted by Gasteiger charge is 2.22. The number of halogens is 1. The Morgan fingerprint density at radius 3 is 3.08 bits per heavy atom. The van der Waals surface area contributed by atoms with Crippen molar-refractivity contribution >= 4 is 17.5 Å². The lowest BCUT2D eigenvalue weighted by molar-refractivity contribution is 0.0928. The molecule has 1 saturated heterocycles. The summed E-state index contributed by atoms with van der Waals surface area (Å²) >= 11 is 5.84. The van der Waals surface area contributed by atoms with E-state index >= 15 is 0 Å². The highest BCUT2D eigenvalue weighted by Crippen LogP contribution is 2.26. The van der Waals surface area contributed by atoms with E-state index in [1.54, 1.807) is 6.07 Å². The maximum Gasteiger partial charge on any atom is 0.251 e. The Morgan fingerprint density at radius 2 is 2.23 bits per heavy atom. The van der Waals surface area contributed by atoms with E-state index in [4.69, 9.17) is 20.8 Å². The maximum absolute atomic E-state index is 12.5. The summed E-state index contributed by atoms with van der Waals surface area (Å²) in [5.41, 5.74) is 1.84. The van der Waals surface area contributed by atoms with Crippen molar-refractivity contribution in [1.82, 2.24) is 10.2 Å². The van der Waals surface area contributed by atoms with Crippen LogP contribution in [0.2, 0.25) is 5.22 Å². The number of hydrogen-bond acceptors (Lipinski definition) is 4. The first-order chi connectivity index (χ1) is 12.7. The molecule has 4 rings (SSSR count). The molecule has 1 fully saturated rings. The third-order valence-electron chi connectivity index (χ3n) is 5.11. The minimum atomic E-state index is -0.00496. The molecule has 2 aromatic rings. The second-order valence-corrected chi connectivity index (χ2v) is 7.45. The van der Waals surface area contributed by atoms with Gasteiger partial charge in [0.05, 0.1) is 13.2 Å². The minimum Gasteiger partial charge on any atom is -0.493 e. The van der Waals surface area contributed by atoms with Gasteiger partial charge in [-0.05, 0) is 72.8 Å². The second-order valence-electron chi connectivity index (χ2n) is 7.08. The molecule has 0 spiro atoms. The van der Waals surface area contributed by atoms with Crippen LogP contribution in [0, 0.1) is 5.92 Å². The Labute approximate surface area is 158 Å². The van der Waals surface area contributed by atoms with Crippen LogP contribution in [0.5, 0.6) is 5.75 Å². The number of likely N-dealkylation sites (tertiary alicyclic amines) is 1. The molecule has 0 aliphatic carbocycles. The van der Waals surface area contributed by atoms with Gasteiger partial charge in [-0.3, -0.25) is 9.69 Å². The number of fused-ring (bicyclic) bond motifs is 1. The van der Waals surface area contributed by atoms with Crippen LogP contribution in [0.15, 0.2) is 34.7 Å². The van der Waals surface area contributed by atoms with Crippen molar-refractivity contribution in [3.8, 4) is 5.75 Å². The van der Waals surface area contributed by atoms with E-state index in [9.17, 15) is 4.79 Å². The Balaban J connectivity index is 1.29. The number of nitrogens with one attached hydrogen (secondary N) is 1. The molecule has 26 heavy (non-hydrogen) atoms. The number of ether oxygens (including phenoxy) is 1. The van der Waals surface area contributed by atoms with Gasteiger partial charge in [0.15, 0.2) is 5.22 Å². The van der Waals surface area contributed by atoms with Crippen LogP contribution >= 0.6 is 11.6 Å². The summed E-state index contributed by atoms with van der Waals surface area (Å²) in [7, 11) is 0. The van der Waals surface area contributed by atoms with E-state index in [1.165, 1.54) is 0 Å². The van der Waals surface area contributed by atoms with Crippen molar-refractivity contribution < 1.29 is 13.9 Å². The lowest BCUT2D eigenvalue weighted by Gasteiger charge is -2.32. The van der Waals surface area contributed by atoms with Crippen LogP contribution in [0.4, 0.5) is 0 Å². The van der Waals surface area contributed by atoms with Gasteiger partial charge in [-0.25, -0.2) is 0 Å². The minimum absolute atomic E-state index is 0.00496. The molecule has 6 heteroatoms. The summed E-state index contributed by atoms with van der Waals surface area (Å²) in [6, 6.07) is 9.39. The number of benzene rings is 1. The molecule has 1 aromatic carbocycles. The maximum atomic E-state index is 12.5. The molecule has 2 aliphatic heterocycles. The Hall–Kier alpha value is -1.98. The average Bonchev–Trinajstić information content (AvgIpc) is 3.28. The number of nitrogens with zero attached hydrogens (tertiary/aromatic N) is 1. The highest BCUT2D eigenvalue weighted by atomic mass is 35.5. The number of piperidine rings is 1. The Kier molecular flexibility index (Phi) is 5.18. The van der Waals surface area contributed by atoms with E-state index < -0.39 is 0 Å². The molecule has 1 amide bonds. The second kappa shape index (κ2) is 7.72. The summed E-state index contributed by atoms with van der Waals surface area (Å²) in [4.78, 5) is 14.8. The van der Waals surface area contributed by atoms with Crippen molar-refractivity contribution in [1.29, 1.82) is 0 Å². The highest BCUT2D eigenvalue weighted by molar-refractivity contribution is 6.28. The van der Waals surface area contributed by atoms with Crippen molar-refractivity contribution in [3.63, 3.8) is 0 Å². The van der Waals surface area contributed by atoms with Gasteiger partial charge in [0.1, 0.15) is 11.5 Å². The SMILES string of the molecule is O=C(NCC1CCCN(Cc2ccc(Cl)o2)C1)c1ccc2c(c1)CCO2. The first-order valence-electron chi connectivity index (χ1n) is 9.18. The fourth-order valence-electron chi connectivity index (χ4n) is 3.79. The van der Waals surface area contributed by atoms with Crippen LogP contribution in [-0.2, 0) is 13.0 Å². The van der Waals surface area contributed by atoms with Crippen molar-refractivity contribution in [2.75, 3.05) is 26.2 Å². The summed E-state index contributed by atoms with van der Waals surface area (Å²) in [6.45, 7) is 4.17. The average molecular weight is 375 g/mol. The van der Waals surface area contributed by atoms with E-state index in [0.29, 0.717) is 29.9 Å². The van der Waals surface area contributed by atoms with Gasteiger partial charge in [-0.2, -0.15) is 0 Å². The predicted octanol–water partition coefficient (Wildman–Crippen LogP) is 3.51. The van der Waals surface area contributed by atoms with Gasteiger partial charge >= 0.3 is 0 Å². The molecule has 5 nitrogen and oxygen atoms in total. The molecule has 3 heterocycles. The number of carbonyl (C=O) groups is 1. The third kappa shape index (κ3) is 4.05. The van der Waals surface area contributed by atoms with Crippen LogP contribution in [0.1, 0.15) is 34.5 Å². The Bertz CT molecular complexity index is 789. The predicted molar refractivity (Wildman–Crippen MR) is 99.7 cm³/mol. The molecule has 138 valence electrons. The summed E-state index contributed by atoms with van der Waals surface area (Å²) in [6.07, 6.45) is 3.14. The summed E-state index contributed by atoms with van der Waals surface area (Å²) < 4.78 is 11.0. The quantitative estimate of drug-likeness (QED) is 0.870. The van der Waals surface area contributed by atoms with Crippen molar-refractivity contribution in [3.05, 3.63) is 52.4 Å². The van der Waals surface area contributed by atoms with E-state index in [0.717, 1.165) is 56.0 Å². The zero-order chi connectivity index (χ0) is 17.9. The molecule has 1 aromatic heterocycles. The van der Waals surface area contributed by atoms with Crippen LogP contribution < -0.4 is 10.1 Å². The molecule has 1 unspecified atom stereocenters. The van der Waals surface area contributed by atoms with E-state index in [-0.39, 0.29) is 5.91 Å². The van der Waals surface area contributed by atoms with Crippen LogP contribution in [0.25, 0.3) is 0 Å². The standard InChI is InChI=1S/C20H23ClN2O3/c21-19-6-4-17(26-19)13-23-8-1-2-14(12-23)11-22-20(24)16-3-5-18-15(10-16)7-9-25-18/h3-6,10,14H,1-2,7-9,11-13H2,(H,22,24). The van der Waals surface area contributed by atoms with Gasteiger partial charge < -0.3 is 14.5 Å². The topological polar surface area (TPSA) is 54.7 Å². The number of carbonyl (C=O) groups excluding carboxylic acids is 1. The lowest BCUT2D eigenvalue weighted by Crippen LogP contribution is -2.40.